The molecule has 0 spiro atoms. The van der Waals surface area contributed by atoms with E-state index in [1.165, 1.54) is 9.80 Å². The number of hydrogen-bond donors (Lipinski definition) is 4. The Balaban J connectivity index is 5.22. The van der Waals surface area contributed by atoms with Crippen LogP contribution in [0.3, 0.4) is 0 Å². The maximum Gasteiger partial charge on any atom is 0.317 e. The van der Waals surface area contributed by atoms with Crippen LogP contribution in [0.1, 0.15) is 39.5 Å². The number of aliphatic carboxylic acids is 4. The van der Waals surface area contributed by atoms with Crippen molar-refractivity contribution in [1.29, 1.82) is 0 Å². The third-order valence-corrected chi connectivity index (χ3v) is 4.15. The largest absolute Gasteiger partial charge is 0.481 e. The molecule has 2 unspecified atom stereocenters. The van der Waals surface area contributed by atoms with Gasteiger partial charge in [-0.25, -0.2) is 0 Å². The lowest BCUT2D eigenvalue weighted by Gasteiger charge is -2.34. The van der Waals surface area contributed by atoms with E-state index >= 15 is 0 Å². The van der Waals surface area contributed by atoms with Gasteiger partial charge in [-0.3, -0.25) is 29.0 Å². The summed E-state index contributed by atoms with van der Waals surface area (Å²) in [5.41, 5.74) is 0. The molecule has 2 atom stereocenters. The first kappa shape index (κ1) is 23.8. The molecule has 0 aromatic heterocycles. The van der Waals surface area contributed by atoms with Crippen LogP contribution < -0.4 is 0 Å². The van der Waals surface area contributed by atoms with E-state index in [1.807, 2.05) is 0 Å². The highest BCUT2D eigenvalue weighted by Crippen LogP contribution is 2.13. The minimum absolute atomic E-state index is 0.126. The van der Waals surface area contributed by atoms with Gasteiger partial charge in [-0.1, -0.05) is 13.8 Å². The second-order valence-corrected chi connectivity index (χ2v) is 6.05. The van der Waals surface area contributed by atoms with Gasteiger partial charge in [-0.2, -0.15) is 0 Å². The Labute approximate surface area is 152 Å². The quantitative estimate of drug-likeness (QED) is 0.313. The Morgan fingerprint density at radius 1 is 0.654 bits per heavy atom. The molecule has 0 aliphatic heterocycles. The van der Waals surface area contributed by atoms with Crippen molar-refractivity contribution in [2.45, 2.75) is 51.6 Å². The fraction of sp³-hybridized carbons (Fsp3) is 0.750. The van der Waals surface area contributed by atoms with E-state index in [1.54, 1.807) is 13.8 Å². The highest BCUT2D eigenvalue weighted by Gasteiger charge is 2.26. The second-order valence-electron chi connectivity index (χ2n) is 6.05. The van der Waals surface area contributed by atoms with Crippen LogP contribution in [-0.4, -0.2) is 92.4 Å². The topological polar surface area (TPSA) is 156 Å². The fourth-order valence-electron chi connectivity index (χ4n) is 2.85. The molecule has 0 saturated carbocycles. The van der Waals surface area contributed by atoms with Crippen molar-refractivity contribution in [2.24, 2.45) is 0 Å². The Bertz CT molecular complexity index is 453. The fourth-order valence-corrected chi connectivity index (χ4v) is 2.85. The van der Waals surface area contributed by atoms with Gasteiger partial charge in [0.15, 0.2) is 0 Å². The zero-order valence-corrected chi connectivity index (χ0v) is 15.1. The molecule has 0 aromatic rings. The molecule has 10 nitrogen and oxygen atoms in total. The van der Waals surface area contributed by atoms with Crippen molar-refractivity contribution in [3.05, 3.63) is 0 Å². The van der Waals surface area contributed by atoms with Crippen molar-refractivity contribution in [3.8, 4) is 0 Å². The summed E-state index contributed by atoms with van der Waals surface area (Å²) in [7, 11) is 0. The van der Waals surface area contributed by atoms with Gasteiger partial charge in [0.1, 0.15) is 0 Å². The van der Waals surface area contributed by atoms with Crippen LogP contribution in [0.25, 0.3) is 0 Å². The molecule has 150 valence electrons. The summed E-state index contributed by atoms with van der Waals surface area (Å²) in [6, 6.07) is -1.01. The molecule has 0 aliphatic carbocycles. The predicted molar refractivity (Wildman–Crippen MR) is 91.1 cm³/mol. The molecule has 4 N–H and O–H groups in total. The first-order valence-electron chi connectivity index (χ1n) is 8.45. The van der Waals surface area contributed by atoms with E-state index < -0.39 is 36.0 Å². The number of nitrogens with zero attached hydrogens (tertiary/aromatic N) is 2. The predicted octanol–water partition coefficient (Wildman–Crippen LogP) is 0.266. The highest BCUT2D eigenvalue weighted by molar-refractivity contribution is 5.71. The van der Waals surface area contributed by atoms with Gasteiger partial charge in [0.25, 0.3) is 0 Å². The summed E-state index contributed by atoms with van der Waals surface area (Å²) in [6.07, 6.45) is 0.389. The molecule has 26 heavy (non-hydrogen) atoms. The molecular weight excluding hydrogens is 348 g/mol. The van der Waals surface area contributed by atoms with Crippen molar-refractivity contribution in [2.75, 3.05) is 26.2 Å². The van der Waals surface area contributed by atoms with Gasteiger partial charge >= 0.3 is 23.9 Å². The number of rotatable bonds is 15. The monoisotopic (exact) mass is 376 g/mol. The second kappa shape index (κ2) is 12.2. The highest BCUT2D eigenvalue weighted by atomic mass is 16.4. The van der Waals surface area contributed by atoms with Crippen LogP contribution in [0.4, 0.5) is 0 Å². The van der Waals surface area contributed by atoms with Gasteiger partial charge < -0.3 is 20.4 Å². The Morgan fingerprint density at radius 2 is 0.962 bits per heavy atom. The lowest BCUT2D eigenvalue weighted by Crippen LogP contribution is -2.48. The van der Waals surface area contributed by atoms with Gasteiger partial charge in [-0.15, -0.1) is 0 Å². The SMILES string of the molecule is CCC(CC(=O)O)N(CCN(CC(=O)O)C(CC)CC(=O)O)CC(=O)O. The zero-order chi connectivity index (χ0) is 20.3. The standard InChI is InChI=1S/C16H28N2O8/c1-3-11(7-13(19)20)17(9-15(23)24)5-6-18(10-16(25)26)12(4-2)8-14(21)22/h11-12H,3-10H2,1-2H3,(H,19,20)(H,21,22)(H,23,24)(H,25,26). The van der Waals surface area contributed by atoms with Crippen LogP contribution in [0, 0.1) is 0 Å². The van der Waals surface area contributed by atoms with Crippen LogP contribution >= 0.6 is 0 Å². The van der Waals surface area contributed by atoms with Gasteiger partial charge in [0.2, 0.25) is 0 Å². The molecule has 0 radical (unpaired) electrons. The maximum atomic E-state index is 11.1. The van der Waals surface area contributed by atoms with Crippen molar-refractivity contribution >= 4 is 23.9 Å². The maximum absolute atomic E-state index is 11.1. The lowest BCUT2D eigenvalue weighted by molar-refractivity contribution is -0.144. The number of hydrogen-bond acceptors (Lipinski definition) is 6. The molecule has 0 heterocycles. The average Bonchev–Trinajstić information content (AvgIpc) is 2.51. The van der Waals surface area contributed by atoms with Crippen LogP contribution in [0.2, 0.25) is 0 Å². The molecule has 0 rings (SSSR count). The number of carboxylic acid groups (broad SMARTS) is 4. The third-order valence-electron chi connectivity index (χ3n) is 4.15. The van der Waals surface area contributed by atoms with Crippen LogP contribution in [0.5, 0.6) is 0 Å². The minimum Gasteiger partial charge on any atom is -0.481 e. The first-order chi connectivity index (χ1) is 12.1. The van der Waals surface area contributed by atoms with Crippen molar-refractivity contribution in [1.82, 2.24) is 9.80 Å². The molecule has 0 fully saturated rings. The average molecular weight is 376 g/mol. The summed E-state index contributed by atoms with van der Waals surface area (Å²) < 4.78 is 0. The van der Waals surface area contributed by atoms with Crippen LogP contribution in [0.15, 0.2) is 0 Å². The molecule has 10 heteroatoms. The molecule has 0 bridgehead atoms. The van der Waals surface area contributed by atoms with E-state index in [4.69, 9.17) is 20.4 Å². The molecular formula is C16H28N2O8. The summed E-state index contributed by atoms with van der Waals surface area (Å²) >= 11 is 0. The molecule has 0 amide bonds. The van der Waals surface area contributed by atoms with Gasteiger partial charge in [0, 0.05) is 25.2 Å². The van der Waals surface area contributed by atoms with Gasteiger partial charge in [0.05, 0.1) is 25.9 Å². The summed E-state index contributed by atoms with van der Waals surface area (Å²) in [6.45, 7) is 3.00. The van der Waals surface area contributed by atoms with E-state index in [0.29, 0.717) is 12.8 Å². The molecule has 0 aromatic carbocycles. The third kappa shape index (κ3) is 9.94. The molecule has 0 saturated heterocycles. The Hall–Kier alpha value is -2.20. The normalized spacial score (nSPS) is 13.5. The number of carbonyl (C=O) groups is 4. The Morgan fingerprint density at radius 3 is 1.15 bits per heavy atom. The van der Waals surface area contributed by atoms with E-state index in [9.17, 15) is 19.2 Å². The van der Waals surface area contributed by atoms with Crippen molar-refractivity contribution < 1.29 is 39.6 Å². The molecule has 0 aliphatic rings. The van der Waals surface area contributed by atoms with E-state index in [0.717, 1.165) is 0 Å². The number of carboxylic acids is 4. The minimum atomic E-state index is -1.11. The van der Waals surface area contributed by atoms with E-state index in [-0.39, 0.29) is 39.0 Å². The summed E-state index contributed by atoms with van der Waals surface area (Å²) in [5.74, 6) is -4.33. The van der Waals surface area contributed by atoms with Crippen LogP contribution in [-0.2, 0) is 19.2 Å². The van der Waals surface area contributed by atoms with Gasteiger partial charge in [-0.05, 0) is 12.8 Å². The zero-order valence-electron chi connectivity index (χ0n) is 15.1. The summed E-state index contributed by atoms with van der Waals surface area (Å²) in [5, 5.41) is 36.1. The first-order valence-corrected chi connectivity index (χ1v) is 8.45. The smallest absolute Gasteiger partial charge is 0.317 e. The Kier molecular flexibility index (Phi) is 11.2. The van der Waals surface area contributed by atoms with Crippen molar-refractivity contribution in [3.63, 3.8) is 0 Å². The van der Waals surface area contributed by atoms with E-state index in [2.05, 4.69) is 0 Å². The lowest BCUT2D eigenvalue weighted by atomic mass is 10.1. The summed E-state index contributed by atoms with van der Waals surface area (Å²) in [4.78, 5) is 47.2.